The molecule has 120 valence electrons. The van der Waals surface area contributed by atoms with E-state index in [1.807, 2.05) is 0 Å². The fraction of sp³-hybridized carbons (Fsp3) is 0.111. The second kappa shape index (κ2) is 6.89. The zero-order valence-corrected chi connectivity index (χ0v) is 13.8. The molecule has 0 amide bonds. The van der Waals surface area contributed by atoms with Gasteiger partial charge in [0.1, 0.15) is 5.82 Å². The van der Waals surface area contributed by atoms with E-state index in [1.54, 1.807) is 49.4 Å². The van der Waals surface area contributed by atoms with Gasteiger partial charge in [-0.3, -0.25) is 0 Å². The lowest BCUT2D eigenvalue weighted by Gasteiger charge is -2.11. The van der Waals surface area contributed by atoms with Crippen LogP contribution in [0.4, 0.5) is 4.39 Å². The molecule has 0 aliphatic carbocycles. The van der Waals surface area contributed by atoms with Crippen LogP contribution >= 0.6 is 0 Å². The van der Waals surface area contributed by atoms with Crippen molar-refractivity contribution >= 4 is 15.6 Å². The second-order valence-electron chi connectivity index (χ2n) is 4.85. The standard InChI is InChI=1S/C18H18FNO2S/c1-4-13(5-2)15-11-10-14(12-17(15)19)16-8-6-7-9-18(16)23(21,22)20-3/h4-12,20H,1H2,2-3H3/b13-5+. The Balaban J connectivity index is 2.62. The Kier molecular flexibility index (Phi) is 5.13. The van der Waals surface area contributed by atoms with Crippen molar-refractivity contribution in [3.63, 3.8) is 0 Å². The first-order chi connectivity index (χ1) is 10.9. The van der Waals surface area contributed by atoms with E-state index in [4.69, 9.17) is 0 Å². The number of halogens is 1. The summed E-state index contributed by atoms with van der Waals surface area (Å²) in [6.07, 6.45) is 3.35. The van der Waals surface area contributed by atoms with Crippen LogP contribution in [0.1, 0.15) is 12.5 Å². The van der Waals surface area contributed by atoms with Crippen LogP contribution < -0.4 is 4.72 Å². The maximum Gasteiger partial charge on any atom is 0.240 e. The van der Waals surface area contributed by atoms with Gasteiger partial charge in [-0.2, -0.15) is 0 Å². The molecule has 1 N–H and O–H groups in total. The van der Waals surface area contributed by atoms with Gasteiger partial charge in [0.2, 0.25) is 10.0 Å². The molecular weight excluding hydrogens is 313 g/mol. The average molecular weight is 331 g/mol. The van der Waals surface area contributed by atoms with Gasteiger partial charge in [-0.25, -0.2) is 17.5 Å². The number of allylic oxidation sites excluding steroid dienone is 3. The van der Waals surface area contributed by atoms with Crippen LogP contribution in [0.5, 0.6) is 0 Å². The second-order valence-corrected chi connectivity index (χ2v) is 6.70. The Hall–Kier alpha value is -2.24. The summed E-state index contributed by atoms with van der Waals surface area (Å²) in [4.78, 5) is 0.115. The Morgan fingerprint density at radius 3 is 2.48 bits per heavy atom. The maximum atomic E-state index is 14.4. The van der Waals surface area contributed by atoms with Gasteiger partial charge >= 0.3 is 0 Å². The van der Waals surface area contributed by atoms with Crippen LogP contribution in [-0.2, 0) is 10.0 Å². The zero-order valence-electron chi connectivity index (χ0n) is 13.0. The van der Waals surface area contributed by atoms with E-state index < -0.39 is 15.8 Å². The Labute approximate surface area is 136 Å². The molecule has 0 bridgehead atoms. The fourth-order valence-electron chi connectivity index (χ4n) is 2.35. The van der Waals surface area contributed by atoms with Crippen LogP contribution in [0.3, 0.4) is 0 Å². The number of hydrogen-bond acceptors (Lipinski definition) is 2. The molecule has 0 aromatic heterocycles. The summed E-state index contributed by atoms with van der Waals surface area (Å²) in [5.41, 5.74) is 2.07. The molecule has 0 aliphatic rings. The Bertz CT molecular complexity index is 870. The summed E-state index contributed by atoms with van der Waals surface area (Å²) in [5.74, 6) is -0.424. The predicted molar refractivity (Wildman–Crippen MR) is 91.9 cm³/mol. The molecule has 5 heteroatoms. The molecule has 2 aromatic carbocycles. The minimum Gasteiger partial charge on any atom is -0.214 e. The van der Waals surface area contributed by atoms with Gasteiger partial charge in [-0.05, 0) is 37.2 Å². The normalized spacial score (nSPS) is 12.2. The molecule has 23 heavy (non-hydrogen) atoms. The van der Waals surface area contributed by atoms with Crippen LogP contribution in [0, 0.1) is 5.82 Å². The minimum absolute atomic E-state index is 0.115. The van der Waals surface area contributed by atoms with Crippen LogP contribution in [0.2, 0.25) is 0 Å². The van der Waals surface area contributed by atoms with E-state index in [9.17, 15) is 12.8 Å². The molecule has 0 heterocycles. The predicted octanol–water partition coefficient (Wildman–Crippen LogP) is 3.99. The fourth-order valence-corrected chi connectivity index (χ4v) is 3.30. The third-order valence-corrected chi connectivity index (χ3v) is 5.04. The van der Waals surface area contributed by atoms with Gasteiger partial charge in [-0.1, -0.05) is 49.1 Å². The van der Waals surface area contributed by atoms with Crippen molar-refractivity contribution in [2.45, 2.75) is 11.8 Å². The van der Waals surface area contributed by atoms with Crippen molar-refractivity contribution in [3.8, 4) is 11.1 Å². The van der Waals surface area contributed by atoms with E-state index in [0.29, 0.717) is 22.3 Å². The lowest BCUT2D eigenvalue weighted by atomic mass is 9.99. The molecule has 0 radical (unpaired) electrons. The quantitative estimate of drug-likeness (QED) is 0.842. The van der Waals surface area contributed by atoms with Crippen molar-refractivity contribution in [3.05, 3.63) is 72.6 Å². The molecule has 2 rings (SSSR count). The van der Waals surface area contributed by atoms with Gasteiger partial charge in [0.25, 0.3) is 0 Å². The molecular formula is C18H18FNO2S. The highest BCUT2D eigenvalue weighted by Crippen LogP contribution is 2.30. The number of benzene rings is 2. The molecule has 0 atom stereocenters. The summed E-state index contributed by atoms with van der Waals surface area (Å²) in [6, 6.07) is 11.2. The SMILES string of the molecule is C=C/C(=C\C)c1ccc(-c2ccccc2S(=O)(=O)NC)cc1F. The van der Waals surface area contributed by atoms with Gasteiger partial charge in [0.05, 0.1) is 4.90 Å². The van der Waals surface area contributed by atoms with E-state index in [2.05, 4.69) is 11.3 Å². The van der Waals surface area contributed by atoms with Gasteiger partial charge in [0, 0.05) is 11.1 Å². The Morgan fingerprint density at radius 1 is 1.22 bits per heavy atom. The zero-order chi connectivity index (χ0) is 17.0. The molecule has 0 spiro atoms. The van der Waals surface area contributed by atoms with Gasteiger partial charge in [-0.15, -0.1) is 0 Å². The van der Waals surface area contributed by atoms with Gasteiger partial charge in [0.15, 0.2) is 0 Å². The summed E-state index contributed by atoms with van der Waals surface area (Å²) >= 11 is 0. The highest BCUT2D eigenvalue weighted by molar-refractivity contribution is 7.89. The monoisotopic (exact) mass is 331 g/mol. The third-order valence-electron chi connectivity index (χ3n) is 3.57. The minimum atomic E-state index is -3.63. The summed E-state index contributed by atoms with van der Waals surface area (Å²) < 4.78 is 40.9. The van der Waals surface area contributed by atoms with E-state index in [1.165, 1.54) is 19.2 Å². The largest absolute Gasteiger partial charge is 0.240 e. The van der Waals surface area contributed by atoms with Crippen LogP contribution in [0.25, 0.3) is 16.7 Å². The van der Waals surface area contributed by atoms with Gasteiger partial charge < -0.3 is 0 Å². The van der Waals surface area contributed by atoms with Crippen molar-refractivity contribution in [1.82, 2.24) is 4.72 Å². The number of rotatable bonds is 5. The highest BCUT2D eigenvalue weighted by atomic mass is 32.2. The number of sulfonamides is 1. The first-order valence-electron chi connectivity index (χ1n) is 7.06. The Morgan fingerprint density at radius 2 is 1.91 bits per heavy atom. The first-order valence-corrected chi connectivity index (χ1v) is 8.54. The lowest BCUT2D eigenvalue weighted by Crippen LogP contribution is -2.19. The van der Waals surface area contributed by atoms with E-state index in [0.717, 1.165) is 0 Å². The van der Waals surface area contributed by atoms with Crippen LogP contribution in [-0.4, -0.2) is 15.5 Å². The summed E-state index contributed by atoms with van der Waals surface area (Å²) in [6.45, 7) is 5.47. The van der Waals surface area contributed by atoms with Crippen molar-refractivity contribution in [2.75, 3.05) is 7.05 Å². The first kappa shape index (κ1) is 17.1. The van der Waals surface area contributed by atoms with E-state index >= 15 is 0 Å². The molecule has 0 aliphatic heterocycles. The lowest BCUT2D eigenvalue weighted by molar-refractivity contribution is 0.588. The molecule has 2 aromatic rings. The molecule has 3 nitrogen and oxygen atoms in total. The number of nitrogens with one attached hydrogen (secondary N) is 1. The maximum absolute atomic E-state index is 14.4. The molecule has 0 saturated heterocycles. The van der Waals surface area contributed by atoms with E-state index in [-0.39, 0.29) is 4.90 Å². The average Bonchev–Trinajstić information content (AvgIpc) is 2.57. The molecule has 0 fully saturated rings. The number of hydrogen-bond donors (Lipinski definition) is 1. The molecule has 0 unspecified atom stereocenters. The molecule has 0 saturated carbocycles. The smallest absolute Gasteiger partial charge is 0.214 e. The van der Waals surface area contributed by atoms with Crippen molar-refractivity contribution in [1.29, 1.82) is 0 Å². The summed E-state index contributed by atoms with van der Waals surface area (Å²) in [7, 11) is -2.28. The third kappa shape index (κ3) is 3.41. The van der Waals surface area contributed by atoms with Crippen molar-refractivity contribution in [2.24, 2.45) is 0 Å². The van der Waals surface area contributed by atoms with Crippen molar-refractivity contribution < 1.29 is 12.8 Å². The topological polar surface area (TPSA) is 46.2 Å². The highest BCUT2D eigenvalue weighted by Gasteiger charge is 2.18. The summed E-state index contributed by atoms with van der Waals surface area (Å²) in [5, 5.41) is 0. The van der Waals surface area contributed by atoms with Crippen LogP contribution in [0.15, 0.2) is 66.1 Å².